The van der Waals surface area contributed by atoms with Gasteiger partial charge in [-0.15, -0.1) is 11.8 Å². The first-order valence-electron chi connectivity index (χ1n) is 2.85. The topological polar surface area (TPSA) is 83.5 Å². The van der Waals surface area contributed by atoms with Gasteiger partial charge in [0.1, 0.15) is 6.04 Å². The van der Waals surface area contributed by atoms with E-state index in [4.69, 9.17) is 15.9 Å². The highest BCUT2D eigenvalue weighted by Gasteiger charge is 2.09. The summed E-state index contributed by atoms with van der Waals surface area (Å²) in [7, 11) is 0. The van der Waals surface area contributed by atoms with Crippen molar-refractivity contribution in [2.45, 2.75) is 12.5 Å². The highest BCUT2D eigenvalue weighted by Crippen LogP contribution is 2.01. The van der Waals surface area contributed by atoms with E-state index in [-0.39, 0.29) is 5.94 Å². The van der Waals surface area contributed by atoms with Crippen LogP contribution in [0.25, 0.3) is 0 Å². The Kier molecular flexibility index (Phi) is 5.38. The maximum atomic E-state index is 10.1. The predicted octanol–water partition coefficient (Wildman–Crippen LogP) is -0.529. The van der Waals surface area contributed by atoms with Crippen molar-refractivity contribution >= 4 is 17.7 Å². The first-order chi connectivity index (χ1) is 4.68. The maximum Gasteiger partial charge on any atom is 0.320 e. The van der Waals surface area contributed by atoms with E-state index in [2.05, 4.69) is 0 Å². The van der Waals surface area contributed by atoms with Crippen molar-refractivity contribution in [3.8, 4) is 0 Å². The molecule has 5 heteroatoms. The van der Waals surface area contributed by atoms with Crippen LogP contribution in [0, 0.1) is 0 Å². The number of carboxylic acids is 1. The fraction of sp³-hybridized carbons (Fsp3) is 0.800. The van der Waals surface area contributed by atoms with Crippen LogP contribution in [0.5, 0.6) is 0 Å². The fourth-order valence-corrected chi connectivity index (χ4v) is 0.948. The minimum Gasteiger partial charge on any atom is -0.480 e. The number of aliphatic hydroxyl groups is 1. The van der Waals surface area contributed by atoms with Crippen LogP contribution >= 0.6 is 11.8 Å². The van der Waals surface area contributed by atoms with Gasteiger partial charge in [-0.2, -0.15) is 0 Å². The van der Waals surface area contributed by atoms with Crippen LogP contribution in [-0.4, -0.2) is 33.9 Å². The molecule has 0 unspecified atom stereocenters. The molecule has 4 N–H and O–H groups in total. The third-order valence-electron chi connectivity index (χ3n) is 0.982. The average Bonchev–Trinajstić information content (AvgIpc) is 1.88. The highest BCUT2D eigenvalue weighted by molar-refractivity contribution is 7.99. The van der Waals surface area contributed by atoms with Crippen molar-refractivity contribution in [3.63, 3.8) is 0 Å². The third kappa shape index (κ3) is 4.60. The summed E-state index contributed by atoms with van der Waals surface area (Å²) in [5, 5.41) is 16.6. The summed E-state index contributed by atoms with van der Waals surface area (Å²) in [6, 6.07) is -0.793. The minimum atomic E-state index is -0.987. The van der Waals surface area contributed by atoms with Gasteiger partial charge in [0.05, 0.1) is 5.94 Å². The lowest BCUT2D eigenvalue weighted by atomic mass is 10.2. The van der Waals surface area contributed by atoms with Gasteiger partial charge >= 0.3 is 5.97 Å². The number of aliphatic hydroxyl groups excluding tert-OH is 1. The molecule has 0 aliphatic carbocycles. The predicted molar refractivity (Wildman–Crippen MR) is 39.8 cm³/mol. The molecule has 0 radical (unpaired) electrons. The fourth-order valence-electron chi connectivity index (χ4n) is 0.398. The molecule has 0 spiro atoms. The van der Waals surface area contributed by atoms with Gasteiger partial charge in [-0.1, -0.05) is 0 Å². The molecular formula is C5H11NO3S. The zero-order chi connectivity index (χ0) is 7.98. The Morgan fingerprint density at radius 2 is 2.30 bits per heavy atom. The molecule has 0 saturated heterocycles. The van der Waals surface area contributed by atoms with Gasteiger partial charge in [0.25, 0.3) is 0 Å². The Labute approximate surface area is 63.4 Å². The molecular weight excluding hydrogens is 154 g/mol. The standard InChI is InChI=1S/C5H11NO3S/c6-4(5(8)9)1-2-10-3-7/h4,7H,1-3,6H2,(H,8,9)/t4-/m0/s1. The van der Waals surface area contributed by atoms with Crippen molar-refractivity contribution in [1.29, 1.82) is 0 Å². The average molecular weight is 165 g/mol. The summed E-state index contributed by atoms with van der Waals surface area (Å²) < 4.78 is 0. The number of carbonyl (C=O) groups is 1. The normalized spacial score (nSPS) is 13.0. The highest BCUT2D eigenvalue weighted by atomic mass is 32.2. The SMILES string of the molecule is N[C@@H](CCSCO)C(=O)O. The van der Waals surface area contributed by atoms with E-state index in [0.29, 0.717) is 12.2 Å². The number of hydrogen-bond donors (Lipinski definition) is 3. The monoisotopic (exact) mass is 165 g/mol. The van der Waals surface area contributed by atoms with Crippen molar-refractivity contribution in [1.82, 2.24) is 0 Å². The molecule has 0 aliphatic heterocycles. The van der Waals surface area contributed by atoms with Crippen molar-refractivity contribution < 1.29 is 15.0 Å². The number of hydrogen-bond acceptors (Lipinski definition) is 4. The first-order valence-corrected chi connectivity index (χ1v) is 4.01. The number of rotatable bonds is 5. The summed E-state index contributed by atoms with van der Waals surface area (Å²) in [6.45, 7) is 0. The molecule has 0 aliphatic rings. The lowest BCUT2D eigenvalue weighted by molar-refractivity contribution is -0.138. The molecule has 0 bridgehead atoms. The molecule has 0 amide bonds. The Morgan fingerprint density at radius 1 is 1.70 bits per heavy atom. The van der Waals surface area contributed by atoms with Crippen LogP contribution in [0.15, 0.2) is 0 Å². The molecule has 0 aromatic heterocycles. The van der Waals surface area contributed by atoms with E-state index in [1.54, 1.807) is 0 Å². The van der Waals surface area contributed by atoms with Gasteiger partial charge in [0.15, 0.2) is 0 Å². The van der Waals surface area contributed by atoms with E-state index < -0.39 is 12.0 Å². The smallest absolute Gasteiger partial charge is 0.320 e. The summed E-state index contributed by atoms with van der Waals surface area (Å²) in [6.07, 6.45) is 0.403. The second-order valence-corrected chi connectivity index (χ2v) is 2.85. The lowest BCUT2D eigenvalue weighted by Gasteiger charge is -2.03. The summed E-state index contributed by atoms with van der Waals surface area (Å²) in [5.74, 6) is -0.380. The molecule has 0 aromatic rings. The quantitative estimate of drug-likeness (QED) is 0.377. The largest absolute Gasteiger partial charge is 0.480 e. The van der Waals surface area contributed by atoms with Gasteiger partial charge in [-0.25, -0.2) is 0 Å². The lowest BCUT2D eigenvalue weighted by Crippen LogP contribution is -2.30. The molecule has 0 saturated carbocycles. The Bertz CT molecular complexity index is 109. The van der Waals surface area contributed by atoms with Gasteiger partial charge in [-0.3, -0.25) is 4.79 Å². The molecule has 0 rings (SSSR count). The molecule has 10 heavy (non-hydrogen) atoms. The Balaban J connectivity index is 3.21. The molecule has 1 atom stereocenters. The molecule has 60 valence electrons. The zero-order valence-electron chi connectivity index (χ0n) is 5.49. The van der Waals surface area contributed by atoms with Gasteiger partial charge in [0.2, 0.25) is 0 Å². The minimum absolute atomic E-state index is 0.0202. The second-order valence-electron chi connectivity index (χ2n) is 1.77. The summed E-state index contributed by atoms with van der Waals surface area (Å²) >= 11 is 1.27. The number of aliphatic carboxylic acids is 1. The Morgan fingerprint density at radius 3 is 2.70 bits per heavy atom. The van der Waals surface area contributed by atoms with Crippen LogP contribution in [-0.2, 0) is 4.79 Å². The van der Waals surface area contributed by atoms with E-state index in [0.717, 1.165) is 0 Å². The third-order valence-corrected chi connectivity index (χ3v) is 1.69. The van der Waals surface area contributed by atoms with Crippen molar-refractivity contribution in [2.75, 3.05) is 11.7 Å². The molecule has 0 heterocycles. The number of thioether (sulfide) groups is 1. The molecule has 0 fully saturated rings. The zero-order valence-corrected chi connectivity index (χ0v) is 6.30. The van der Waals surface area contributed by atoms with Crippen molar-refractivity contribution in [3.05, 3.63) is 0 Å². The van der Waals surface area contributed by atoms with E-state index in [1.807, 2.05) is 0 Å². The molecule has 0 aromatic carbocycles. The van der Waals surface area contributed by atoms with Crippen molar-refractivity contribution in [2.24, 2.45) is 5.73 Å². The first kappa shape index (κ1) is 9.74. The second kappa shape index (κ2) is 5.52. The van der Waals surface area contributed by atoms with Crippen LogP contribution in [0.3, 0.4) is 0 Å². The van der Waals surface area contributed by atoms with E-state index >= 15 is 0 Å². The van der Waals surface area contributed by atoms with Gasteiger partial charge in [-0.05, 0) is 12.2 Å². The molecule has 4 nitrogen and oxygen atoms in total. The van der Waals surface area contributed by atoms with Gasteiger partial charge in [0, 0.05) is 0 Å². The number of nitrogens with two attached hydrogens (primary N) is 1. The van der Waals surface area contributed by atoms with Gasteiger partial charge < -0.3 is 15.9 Å². The van der Waals surface area contributed by atoms with Crippen LogP contribution in [0.2, 0.25) is 0 Å². The van der Waals surface area contributed by atoms with E-state index in [9.17, 15) is 4.79 Å². The maximum absolute atomic E-state index is 10.1. The summed E-state index contributed by atoms with van der Waals surface area (Å²) in [4.78, 5) is 10.1. The van der Waals surface area contributed by atoms with Crippen LogP contribution in [0.1, 0.15) is 6.42 Å². The van der Waals surface area contributed by atoms with Crippen LogP contribution < -0.4 is 5.73 Å². The van der Waals surface area contributed by atoms with E-state index in [1.165, 1.54) is 11.8 Å². The number of carboxylic acid groups (broad SMARTS) is 1. The Hall–Kier alpha value is -0.260. The van der Waals surface area contributed by atoms with Crippen LogP contribution in [0.4, 0.5) is 0 Å². The summed E-state index contributed by atoms with van der Waals surface area (Å²) in [5.41, 5.74) is 5.16.